The van der Waals surface area contributed by atoms with Crippen LogP contribution < -0.4 is 0 Å². The van der Waals surface area contributed by atoms with E-state index in [1.165, 1.54) is 6.07 Å². The molecule has 0 spiro atoms. The summed E-state index contributed by atoms with van der Waals surface area (Å²) >= 11 is 1.91. The number of halogens is 3. The fraction of sp³-hybridized carbons (Fsp3) is 0.500. The zero-order chi connectivity index (χ0) is 17.0. The second kappa shape index (κ2) is 7.55. The van der Waals surface area contributed by atoms with Gasteiger partial charge in [-0.1, -0.05) is 31.4 Å². The molecule has 1 N–H and O–H groups in total. The molecule has 0 radical (unpaired) electrons. The normalized spacial score (nSPS) is 17.5. The average molecular weight is 438 g/mol. The number of hydrogen-bond acceptors (Lipinski definition) is 3. The van der Waals surface area contributed by atoms with Crippen molar-refractivity contribution in [3.05, 3.63) is 33.4 Å². The van der Waals surface area contributed by atoms with Crippen LogP contribution in [0.15, 0.2) is 24.3 Å². The van der Waals surface area contributed by atoms with E-state index in [4.69, 9.17) is 9.84 Å². The van der Waals surface area contributed by atoms with E-state index in [2.05, 4.69) is 0 Å². The third kappa shape index (κ3) is 4.19. The zero-order valence-corrected chi connectivity index (χ0v) is 14.5. The second-order valence-electron chi connectivity index (χ2n) is 5.63. The standard InChI is InChI=1S/C16H17F2IO4/c17-16(18,15(21)22)13(10-6-2-1-3-7-10)23-14(20)11-8-4-5-9-12(11)19/h4-5,8-10,13H,1-3,6-7H2,(H,21,22). The number of rotatable bonds is 5. The number of carbonyl (C=O) groups is 2. The van der Waals surface area contributed by atoms with Crippen LogP contribution in [0.25, 0.3) is 0 Å². The third-order valence-corrected chi connectivity index (χ3v) is 4.99. The van der Waals surface area contributed by atoms with Crippen molar-refractivity contribution in [3.8, 4) is 0 Å². The van der Waals surface area contributed by atoms with Gasteiger partial charge in [-0.15, -0.1) is 0 Å². The first-order chi connectivity index (χ1) is 10.8. The number of aliphatic carboxylic acids is 1. The van der Waals surface area contributed by atoms with Crippen LogP contribution in [0.2, 0.25) is 0 Å². The summed E-state index contributed by atoms with van der Waals surface area (Å²) in [6, 6.07) is 6.44. The first-order valence-corrected chi connectivity index (χ1v) is 8.48. The molecule has 1 aromatic rings. The van der Waals surface area contributed by atoms with Gasteiger partial charge in [-0.05, 0) is 47.6 Å². The van der Waals surface area contributed by atoms with E-state index in [9.17, 15) is 18.4 Å². The van der Waals surface area contributed by atoms with Crippen LogP contribution in [0.4, 0.5) is 8.78 Å². The maximum absolute atomic E-state index is 14.1. The van der Waals surface area contributed by atoms with Crippen molar-refractivity contribution in [2.45, 2.75) is 44.1 Å². The highest BCUT2D eigenvalue weighted by Gasteiger charge is 2.53. The van der Waals surface area contributed by atoms with Crippen molar-refractivity contribution in [2.75, 3.05) is 0 Å². The Morgan fingerprint density at radius 3 is 2.39 bits per heavy atom. The number of benzene rings is 1. The van der Waals surface area contributed by atoms with Crippen molar-refractivity contribution in [3.63, 3.8) is 0 Å². The van der Waals surface area contributed by atoms with Crippen LogP contribution in [0.1, 0.15) is 42.5 Å². The minimum atomic E-state index is -4.10. The molecule has 0 aliphatic heterocycles. The summed E-state index contributed by atoms with van der Waals surface area (Å²) < 4.78 is 33.8. The summed E-state index contributed by atoms with van der Waals surface area (Å²) in [6.07, 6.45) is 1.32. The molecule has 0 bridgehead atoms. The molecular formula is C16H17F2IO4. The highest BCUT2D eigenvalue weighted by Crippen LogP contribution is 2.36. The number of carboxylic acids is 1. The molecule has 23 heavy (non-hydrogen) atoms. The highest BCUT2D eigenvalue weighted by atomic mass is 127. The van der Waals surface area contributed by atoms with Gasteiger partial charge in [0.1, 0.15) is 0 Å². The Hall–Kier alpha value is -1.25. The van der Waals surface area contributed by atoms with Crippen LogP contribution in [-0.4, -0.2) is 29.1 Å². The minimum Gasteiger partial charge on any atom is -0.477 e. The molecule has 0 saturated heterocycles. The maximum atomic E-state index is 14.1. The van der Waals surface area contributed by atoms with Crippen molar-refractivity contribution in [1.29, 1.82) is 0 Å². The monoisotopic (exact) mass is 438 g/mol. The number of esters is 1. The molecule has 1 atom stereocenters. The maximum Gasteiger partial charge on any atom is 0.378 e. The Morgan fingerprint density at radius 2 is 1.83 bits per heavy atom. The predicted octanol–water partition coefficient (Wildman–Crippen LogP) is 4.12. The number of ether oxygens (including phenoxy) is 1. The first-order valence-electron chi connectivity index (χ1n) is 7.40. The van der Waals surface area contributed by atoms with Gasteiger partial charge in [0.15, 0.2) is 6.10 Å². The molecule has 2 rings (SSSR count). The largest absolute Gasteiger partial charge is 0.477 e. The van der Waals surface area contributed by atoms with Crippen LogP contribution in [0.3, 0.4) is 0 Å². The van der Waals surface area contributed by atoms with Gasteiger partial charge in [0.25, 0.3) is 0 Å². The lowest BCUT2D eigenvalue weighted by Gasteiger charge is -2.33. The lowest BCUT2D eigenvalue weighted by Crippen LogP contribution is -2.49. The SMILES string of the molecule is O=C(OC(C1CCCCC1)C(F)(F)C(=O)O)c1ccccc1I. The molecule has 1 aliphatic rings. The molecule has 1 saturated carbocycles. The molecule has 4 nitrogen and oxygen atoms in total. The second-order valence-corrected chi connectivity index (χ2v) is 6.79. The summed E-state index contributed by atoms with van der Waals surface area (Å²) in [5.41, 5.74) is 0.162. The zero-order valence-electron chi connectivity index (χ0n) is 12.3. The van der Waals surface area contributed by atoms with E-state index < -0.39 is 29.9 Å². The third-order valence-electron chi connectivity index (χ3n) is 4.05. The number of carboxylic acid groups (broad SMARTS) is 1. The molecule has 0 heterocycles. The van der Waals surface area contributed by atoms with E-state index in [1.807, 2.05) is 22.6 Å². The first kappa shape index (κ1) is 18.1. The van der Waals surface area contributed by atoms with E-state index in [1.54, 1.807) is 18.2 Å². The van der Waals surface area contributed by atoms with Gasteiger partial charge in [-0.3, -0.25) is 0 Å². The lowest BCUT2D eigenvalue weighted by molar-refractivity contribution is -0.189. The Balaban J connectivity index is 2.25. The van der Waals surface area contributed by atoms with Gasteiger partial charge < -0.3 is 9.84 Å². The number of carbonyl (C=O) groups excluding carboxylic acids is 1. The summed E-state index contributed by atoms with van der Waals surface area (Å²) in [6.45, 7) is 0. The molecule has 1 fully saturated rings. The van der Waals surface area contributed by atoms with E-state index in [0.717, 1.165) is 19.3 Å². The summed E-state index contributed by atoms with van der Waals surface area (Å²) in [7, 11) is 0. The lowest BCUT2D eigenvalue weighted by atomic mass is 9.83. The van der Waals surface area contributed by atoms with Gasteiger partial charge in [-0.2, -0.15) is 8.78 Å². The number of alkyl halides is 2. The van der Waals surface area contributed by atoms with Gasteiger partial charge in [-0.25, -0.2) is 9.59 Å². The summed E-state index contributed by atoms with van der Waals surface area (Å²) in [5.74, 6) is -7.91. The van der Waals surface area contributed by atoms with Crippen molar-refractivity contribution in [2.24, 2.45) is 5.92 Å². The molecule has 1 aliphatic carbocycles. The topological polar surface area (TPSA) is 63.6 Å². The smallest absolute Gasteiger partial charge is 0.378 e. The van der Waals surface area contributed by atoms with Gasteiger partial charge in [0, 0.05) is 9.49 Å². The molecule has 0 amide bonds. The van der Waals surface area contributed by atoms with Gasteiger partial charge >= 0.3 is 17.9 Å². The molecule has 1 aromatic carbocycles. The molecular weight excluding hydrogens is 421 g/mol. The highest BCUT2D eigenvalue weighted by molar-refractivity contribution is 14.1. The number of hydrogen-bond donors (Lipinski definition) is 1. The van der Waals surface area contributed by atoms with Gasteiger partial charge in [0.05, 0.1) is 5.56 Å². The fourth-order valence-electron chi connectivity index (χ4n) is 2.83. The van der Waals surface area contributed by atoms with Crippen molar-refractivity contribution >= 4 is 34.5 Å². The van der Waals surface area contributed by atoms with E-state index in [0.29, 0.717) is 16.4 Å². The molecule has 1 unspecified atom stereocenters. The van der Waals surface area contributed by atoms with Gasteiger partial charge in [0.2, 0.25) is 0 Å². The Kier molecular flexibility index (Phi) is 5.94. The van der Waals surface area contributed by atoms with Crippen LogP contribution in [0, 0.1) is 9.49 Å². The summed E-state index contributed by atoms with van der Waals surface area (Å²) in [5, 5.41) is 8.84. The molecule has 7 heteroatoms. The quantitative estimate of drug-likeness (QED) is 0.555. The van der Waals surface area contributed by atoms with E-state index in [-0.39, 0.29) is 5.56 Å². The van der Waals surface area contributed by atoms with Crippen LogP contribution >= 0.6 is 22.6 Å². The van der Waals surface area contributed by atoms with Crippen LogP contribution in [0.5, 0.6) is 0 Å². The minimum absolute atomic E-state index is 0.162. The summed E-state index contributed by atoms with van der Waals surface area (Å²) in [4.78, 5) is 23.2. The van der Waals surface area contributed by atoms with Crippen molar-refractivity contribution in [1.82, 2.24) is 0 Å². The predicted molar refractivity (Wildman–Crippen MR) is 87.5 cm³/mol. The Bertz CT molecular complexity index is 585. The van der Waals surface area contributed by atoms with E-state index >= 15 is 0 Å². The average Bonchev–Trinajstić information content (AvgIpc) is 2.53. The molecule has 126 valence electrons. The van der Waals surface area contributed by atoms with Crippen LogP contribution in [-0.2, 0) is 9.53 Å². The Morgan fingerprint density at radius 1 is 1.22 bits per heavy atom. The van der Waals surface area contributed by atoms with Crippen molar-refractivity contribution < 1.29 is 28.2 Å². The fourth-order valence-corrected chi connectivity index (χ4v) is 3.44. The Labute approximate surface area is 146 Å². The molecule has 0 aromatic heterocycles.